The van der Waals surface area contributed by atoms with E-state index < -0.39 is 18.4 Å². The van der Waals surface area contributed by atoms with Crippen LogP contribution in [-0.4, -0.2) is 41.3 Å². The highest BCUT2D eigenvalue weighted by atomic mass is 16.6. The SMILES string of the molecule is CCCc1nc(C(=O)OCc2oc(=O)oc2C)c(CO)n1Cc1ccc(-c2ccccc2-c2nnn[nH]2)cc1. The maximum absolute atomic E-state index is 12.9. The largest absolute Gasteiger partial charge is 0.519 e. The molecule has 12 heteroatoms. The molecule has 12 nitrogen and oxygen atoms in total. The lowest BCUT2D eigenvalue weighted by Gasteiger charge is -2.12. The average Bonchev–Trinajstić information content (AvgIpc) is 3.67. The molecule has 0 bridgehead atoms. The van der Waals surface area contributed by atoms with E-state index in [-0.39, 0.29) is 23.8 Å². The average molecular weight is 531 g/mol. The van der Waals surface area contributed by atoms with Gasteiger partial charge < -0.3 is 23.2 Å². The number of aliphatic hydroxyl groups excluding tert-OH is 1. The van der Waals surface area contributed by atoms with Crippen LogP contribution in [0.5, 0.6) is 0 Å². The summed E-state index contributed by atoms with van der Waals surface area (Å²) in [6.07, 6.45) is 1.40. The molecule has 0 radical (unpaired) electrons. The Labute approximate surface area is 222 Å². The van der Waals surface area contributed by atoms with Crippen molar-refractivity contribution >= 4 is 5.97 Å². The fraction of sp³-hybridized carbons (Fsp3) is 0.259. The summed E-state index contributed by atoms with van der Waals surface area (Å²) in [7, 11) is 0. The zero-order valence-corrected chi connectivity index (χ0v) is 21.4. The Morgan fingerprint density at radius 3 is 2.51 bits per heavy atom. The minimum atomic E-state index is -0.867. The van der Waals surface area contributed by atoms with E-state index in [1.165, 1.54) is 6.92 Å². The Hall–Kier alpha value is -4.84. The molecule has 3 heterocycles. The van der Waals surface area contributed by atoms with E-state index in [2.05, 4.69) is 25.6 Å². The van der Waals surface area contributed by atoms with Crippen molar-refractivity contribution in [2.45, 2.75) is 46.4 Å². The molecule has 200 valence electrons. The number of hydrogen-bond acceptors (Lipinski definition) is 10. The Morgan fingerprint density at radius 1 is 1.10 bits per heavy atom. The zero-order chi connectivity index (χ0) is 27.4. The molecular weight excluding hydrogens is 504 g/mol. The van der Waals surface area contributed by atoms with E-state index >= 15 is 0 Å². The predicted molar refractivity (Wildman–Crippen MR) is 137 cm³/mol. The normalized spacial score (nSPS) is 11.2. The van der Waals surface area contributed by atoms with Gasteiger partial charge in [0.25, 0.3) is 0 Å². The molecule has 0 saturated heterocycles. The van der Waals surface area contributed by atoms with Crippen molar-refractivity contribution in [1.29, 1.82) is 0 Å². The quantitative estimate of drug-likeness (QED) is 0.256. The molecule has 0 fully saturated rings. The van der Waals surface area contributed by atoms with Crippen LogP contribution in [0.2, 0.25) is 0 Å². The molecule has 3 aromatic heterocycles. The molecule has 5 aromatic rings. The molecule has 39 heavy (non-hydrogen) atoms. The number of ether oxygens (including phenoxy) is 1. The number of carbonyl (C=O) groups is 1. The number of tetrazole rings is 1. The summed E-state index contributed by atoms with van der Waals surface area (Å²) in [6, 6.07) is 15.8. The van der Waals surface area contributed by atoms with E-state index in [4.69, 9.17) is 13.6 Å². The summed E-state index contributed by atoms with van der Waals surface area (Å²) in [4.78, 5) is 28.7. The summed E-state index contributed by atoms with van der Waals surface area (Å²) in [6.45, 7) is 3.25. The van der Waals surface area contributed by atoms with Crippen LogP contribution in [0, 0.1) is 6.92 Å². The number of hydrogen-bond donors (Lipinski definition) is 2. The van der Waals surface area contributed by atoms with Crippen LogP contribution in [0.15, 0.2) is 62.2 Å². The first kappa shape index (κ1) is 25.8. The highest BCUT2D eigenvalue weighted by molar-refractivity contribution is 5.88. The predicted octanol–water partition coefficient (Wildman–Crippen LogP) is 3.43. The molecule has 0 amide bonds. The van der Waals surface area contributed by atoms with Crippen molar-refractivity contribution in [2.24, 2.45) is 0 Å². The number of rotatable bonds is 10. The molecule has 0 spiro atoms. The first-order chi connectivity index (χ1) is 19.0. The number of nitrogens with one attached hydrogen (secondary N) is 1. The topological polar surface area (TPSA) is 162 Å². The lowest BCUT2D eigenvalue weighted by atomic mass is 9.98. The number of imidazole rings is 1. The van der Waals surface area contributed by atoms with Crippen LogP contribution in [0.1, 0.15) is 52.4 Å². The lowest BCUT2D eigenvalue weighted by Crippen LogP contribution is -2.12. The molecule has 0 aliphatic rings. The number of aromatic amines is 1. The minimum absolute atomic E-state index is 0.0238. The Bertz CT molecular complexity index is 1630. The summed E-state index contributed by atoms with van der Waals surface area (Å²) < 4.78 is 16.8. The van der Waals surface area contributed by atoms with Gasteiger partial charge in [0.1, 0.15) is 5.82 Å². The summed E-state index contributed by atoms with van der Waals surface area (Å²) in [5.74, 6) is -0.00806. The van der Waals surface area contributed by atoms with Crippen molar-refractivity contribution in [2.75, 3.05) is 0 Å². The number of carbonyl (C=O) groups excluding carboxylic acids is 1. The number of aliphatic hydroxyl groups is 1. The molecular formula is C27H26N6O6. The summed E-state index contributed by atoms with van der Waals surface area (Å²) in [5, 5.41) is 24.4. The maximum Gasteiger partial charge on any atom is 0.519 e. The second-order valence-corrected chi connectivity index (χ2v) is 8.82. The van der Waals surface area contributed by atoms with E-state index in [0.29, 0.717) is 30.3 Å². The number of benzene rings is 2. The minimum Gasteiger partial charge on any atom is -0.453 e. The van der Waals surface area contributed by atoms with E-state index in [1.807, 2.05) is 60.0 Å². The smallest absolute Gasteiger partial charge is 0.453 e. The van der Waals surface area contributed by atoms with Crippen LogP contribution in [0.4, 0.5) is 0 Å². The van der Waals surface area contributed by atoms with Crippen LogP contribution in [-0.2, 0) is 30.9 Å². The van der Waals surface area contributed by atoms with E-state index in [1.54, 1.807) is 0 Å². The van der Waals surface area contributed by atoms with Gasteiger partial charge in [0.05, 0.1) is 12.3 Å². The first-order valence-corrected chi connectivity index (χ1v) is 12.4. The molecule has 0 saturated carbocycles. The summed E-state index contributed by atoms with van der Waals surface area (Å²) >= 11 is 0. The number of H-pyrrole nitrogens is 1. The molecule has 0 unspecified atom stereocenters. The van der Waals surface area contributed by atoms with Gasteiger partial charge >= 0.3 is 11.8 Å². The van der Waals surface area contributed by atoms with Gasteiger partial charge in [-0.1, -0.05) is 55.5 Å². The molecule has 2 aromatic carbocycles. The van der Waals surface area contributed by atoms with Crippen LogP contribution in [0.25, 0.3) is 22.5 Å². The number of nitrogens with zero attached hydrogens (tertiary/aromatic N) is 5. The van der Waals surface area contributed by atoms with E-state index in [9.17, 15) is 14.7 Å². The van der Waals surface area contributed by atoms with Crippen molar-refractivity contribution in [3.63, 3.8) is 0 Å². The molecule has 0 aliphatic carbocycles. The second-order valence-electron chi connectivity index (χ2n) is 8.82. The van der Waals surface area contributed by atoms with Crippen LogP contribution >= 0.6 is 0 Å². The van der Waals surface area contributed by atoms with E-state index in [0.717, 1.165) is 28.7 Å². The van der Waals surface area contributed by atoms with Crippen LogP contribution in [0.3, 0.4) is 0 Å². The van der Waals surface area contributed by atoms with Gasteiger partial charge in [-0.3, -0.25) is 0 Å². The third-order valence-electron chi connectivity index (χ3n) is 6.27. The van der Waals surface area contributed by atoms with Gasteiger partial charge in [0.2, 0.25) is 0 Å². The third kappa shape index (κ3) is 5.41. The highest BCUT2D eigenvalue weighted by Gasteiger charge is 2.24. The Kier molecular flexibility index (Phi) is 7.46. The Morgan fingerprint density at radius 2 is 1.87 bits per heavy atom. The molecule has 2 N–H and O–H groups in total. The monoisotopic (exact) mass is 530 g/mol. The van der Waals surface area contributed by atoms with Crippen LogP contribution < -0.4 is 5.82 Å². The summed E-state index contributed by atoms with van der Waals surface area (Å²) in [5.41, 5.74) is 4.17. The third-order valence-corrected chi connectivity index (χ3v) is 6.27. The maximum atomic E-state index is 12.9. The van der Waals surface area contributed by atoms with Gasteiger partial charge in [0, 0.05) is 18.5 Å². The van der Waals surface area contributed by atoms with Crippen molar-refractivity contribution < 1.29 is 23.5 Å². The highest BCUT2D eigenvalue weighted by Crippen LogP contribution is 2.30. The number of aromatic nitrogens is 6. The molecule has 5 rings (SSSR count). The second kappa shape index (κ2) is 11.3. The van der Waals surface area contributed by atoms with Crippen molar-refractivity contribution in [3.05, 3.63) is 93.4 Å². The van der Waals surface area contributed by atoms with Crippen molar-refractivity contribution in [1.82, 2.24) is 30.2 Å². The lowest BCUT2D eigenvalue weighted by molar-refractivity contribution is 0.0432. The Balaban J connectivity index is 1.40. The van der Waals surface area contributed by atoms with Crippen molar-refractivity contribution in [3.8, 4) is 22.5 Å². The number of esters is 1. The first-order valence-electron chi connectivity index (χ1n) is 12.4. The fourth-order valence-electron chi connectivity index (χ4n) is 4.36. The van der Waals surface area contributed by atoms with Gasteiger partial charge in [0.15, 0.2) is 29.6 Å². The van der Waals surface area contributed by atoms with Gasteiger partial charge in [-0.2, -0.15) is 0 Å². The van der Waals surface area contributed by atoms with Gasteiger partial charge in [-0.05, 0) is 40.5 Å². The number of aryl methyl sites for hydroxylation is 2. The van der Waals surface area contributed by atoms with Gasteiger partial charge in [-0.15, -0.1) is 5.10 Å². The molecule has 0 atom stereocenters. The molecule has 0 aliphatic heterocycles. The standard InChI is InChI=1S/C27H26N6O6/c1-3-6-23-28-24(26(35)37-15-22-16(2)38-27(36)39-22)21(14-34)33(23)13-17-9-11-18(12-10-17)19-7-4-5-8-20(19)25-29-31-32-30-25/h4-5,7-12,34H,3,6,13-15H2,1-2H3,(H,29,30,31,32). The van der Waals surface area contributed by atoms with Gasteiger partial charge in [-0.25, -0.2) is 19.7 Å². The zero-order valence-electron chi connectivity index (χ0n) is 21.4. The fourth-order valence-corrected chi connectivity index (χ4v) is 4.36.